The van der Waals surface area contributed by atoms with Crippen LogP contribution in [0.5, 0.6) is 0 Å². The molecule has 0 spiro atoms. The van der Waals surface area contributed by atoms with E-state index in [2.05, 4.69) is 12.1 Å². The van der Waals surface area contributed by atoms with Gasteiger partial charge in [0.25, 0.3) is 0 Å². The predicted molar refractivity (Wildman–Crippen MR) is 73.2 cm³/mol. The first-order chi connectivity index (χ1) is 8.45. The van der Waals surface area contributed by atoms with Crippen LogP contribution < -0.4 is 5.14 Å². The van der Waals surface area contributed by atoms with Gasteiger partial charge in [-0.1, -0.05) is 12.1 Å². The van der Waals surface area contributed by atoms with E-state index < -0.39 is 11.0 Å². The van der Waals surface area contributed by atoms with Crippen LogP contribution in [-0.2, 0) is 17.4 Å². The van der Waals surface area contributed by atoms with Crippen LogP contribution >= 0.6 is 0 Å². The molecule has 0 fully saturated rings. The SMILES string of the molecule is CC(C)(C[C@@H]1CCc2c(C#N)cccc21)S(N)=O. The second-order valence-electron chi connectivity index (χ2n) is 5.48. The summed E-state index contributed by atoms with van der Waals surface area (Å²) in [5.41, 5.74) is 3.19. The molecule has 18 heavy (non-hydrogen) atoms. The molecule has 0 saturated carbocycles. The zero-order chi connectivity index (χ0) is 13.3. The van der Waals surface area contributed by atoms with Crippen molar-refractivity contribution in [1.82, 2.24) is 0 Å². The van der Waals surface area contributed by atoms with Crippen molar-refractivity contribution < 1.29 is 4.21 Å². The van der Waals surface area contributed by atoms with Gasteiger partial charge in [-0.05, 0) is 56.2 Å². The molecule has 1 aromatic rings. The average Bonchev–Trinajstić information content (AvgIpc) is 2.71. The number of nitriles is 1. The molecule has 0 saturated heterocycles. The summed E-state index contributed by atoms with van der Waals surface area (Å²) in [6.07, 6.45) is 2.77. The molecular formula is C14H18N2OS. The summed E-state index contributed by atoms with van der Waals surface area (Å²) in [5.74, 6) is 0.371. The van der Waals surface area contributed by atoms with Crippen molar-refractivity contribution in [3.8, 4) is 6.07 Å². The van der Waals surface area contributed by atoms with Crippen molar-refractivity contribution in [3.05, 3.63) is 34.9 Å². The van der Waals surface area contributed by atoms with Crippen molar-refractivity contribution in [2.75, 3.05) is 0 Å². The molecule has 1 aliphatic carbocycles. The highest BCUT2D eigenvalue weighted by atomic mass is 32.2. The van der Waals surface area contributed by atoms with E-state index in [1.807, 2.05) is 26.0 Å². The molecule has 0 aliphatic heterocycles. The highest BCUT2D eigenvalue weighted by Gasteiger charge is 2.32. The molecular weight excluding hydrogens is 244 g/mol. The second-order valence-corrected chi connectivity index (χ2v) is 7.18. The van der Waals surface area contributed by atoms with Crippen molar-refractivity contribution in [1.29, 1.82) is 5.26 Å². The van der Waals surface area contributed by atoms with Crippen LogP contribution in [0.2, 0.25) is 0 Å². The van der Waals surface area contributed by atoms with E-state index >= 15 is 0 Å². The third kappa shape index (κ3) is 2.33. The lowest BCUT2D eigenvalue weighted by Crippen LogP contribution is -2.33. The molecule has 1 aliphatic rings. The van der Waals surface area contributed by atoms with Crippen LogP contribution in [0.25, 0.3) is 0 Å². The van der Waals surface area contributed by atoms with Crippen LogP contribution in [0.15, 0.2) is 18.2 Å². The van der Waals surface area contributed by atoms with E-state index in [0.717, 1.165) is 24.8 Å². The minimum Gasteiger partial charge on any atom is -0.251 e. The van der Waals surface area contributed by atoms with Crippen molar-refractivity contribution in [2.24, 2.45) is 5.14 Å². The Morgan fingerprint density at radius 3 is 2.89 bits per heavy atom. The molecule has 0 radical (unpaired) electrons. The minimum atomic E-state index is -1.32. The van der Waals surface area contributed by atoms with Gasteiger partial charge in [0.05, 0.1) is 27.4 Å². The summed E-state index contributed by atoms with van der Waals surface area (Å²) in [5, 5.41) is 14.6. The van der Waals surface area contributed by atoms with Crippen molar-refractivity contribution >= 4 is 11.0 Å². The van der Waals surface area contributed by atoms with Gasteiger partial charge in [-0.25, -0.2) is 4.21 Å². The number of benzene rings is 1. The number of hydrogen-bond acceptors (Lipinski definition) is 2. The molecule has 2 atom stereocenters. The zero-order valence-electron chi connectivity index (χ0n) is 10.8. The minimum absolute atomic E-state index is 0.371. The van der Waals surface area contributed by atoms with E-state index in [1.165, 1.54) is 11.1 Å². The Labute approximate surface area is 111 Å². The molecule has 4 heteroatoms. The first-order valence-electron chi connectivity index (χ1n) is 6.14. The van der Waals surface area contributed by atoms with Gasteiger partial charge in [-0.15, -0.1) is 0 Å². The number of rotatable bonds is 3. The molecule has 2 N–H and O–H groups in total. The third-order valence-electron chi connectivity index (χ3n) is 3.80. The largest absolute Gasteiger partial charge is 0.251 e. The molecule has 0 heterocycles. The summed E-state index contributed by atoms with van der Waals surface area (Å²) in [6.45, 7) is 3.88. The number of fused-ring (bicyclic) bond motifs is 1. The number of nitrogens with two attached hydrogens (primary N) is 1. The highest BCUT2D eigenvalue weighted by molar-refractivity contribution is 7.84. The molecule has 96 valence electrons. The van der Waals surface area contributed by atoms with Gasteiger partial charge >= 0.3 is 0 Å². The van der Waals surface area contributed by atoms with Crippen LogP contribution in [-0.4, -0.2) is 8.96 Å². The lowest BCUT2D eigenvalue weighted by Gasteiger charge is -2.25. The summed E-state index contributed by atoms with van der Waals surface area (Å²) >= 11 is 0. The van der Waals surface area contributed by atoms with Crippen LogP contribution in [0.3, 0.4) is 0 Å². The first kappa shape index (κ1) is 13.3. The Morgan fingerprint density at radius 2 is 2.28 bits per heavy atom. The highest BCUT2D eigenvalue weighted by Crippen LogP contribution is 2.40. The summed E-state index contributed by atoms with van der Waals surface area (Å²) in [6, 6.07) is 8.14. The van der Waals surface area contributed by atoms with Gasteiger partial charge in [0.1, 0.15) is 0 Å². The first-order valence-corrected chi connectivity index (χ1v) is 7.35. The Kier molecular flexibility index (Phi) is 3.56. The van der Waals surface area contributed by atoms with Crippen LogP contribution in [0, 0.1) is 11.3 Å². The lowest BCUT2D eigenvalue weighted by molar-refractivity contribution is 0.515. The Bertz CT molecular complexity index is 531. The maximum atomic E-state index is 11.5. The van der Waals surface area contributed by atoms with E-state index in [0.29, 0.717) is 5.92 Å². The number of hydrogen-bond donors (Lipinski definition) is 1. The van der Waals surface area contributed by atoms with Gasteiger partial charge in [0.2, 0.25) is 0 Å². The Hall–Kier alpha value is -1.18. The van der Waals surface area contributed by atoms with E-state index in [1.54, 1.807) is 0 Å². The fourth-order valence-electron chi connectivity index (χ4n) is 2.73. The monoisotopic (exact) mass is 262 g/mol. The molecule has 3 nitrogen and oxygen atoms in total. The smallest absolute Gasteiger partial charge is 0.0994 e. The Morgan fingerprint density at radius 1 is 1.56 bits per heavy atom. The molecule has 0 aromatic heterocycles. The summed E-state index contributed by atoms with van der Waals surface area (Å²) < 4.78 is 11.1. The maximum Gasteiger partial charge on any atom is 0.0994 e. The predicted octanol–water partition coefficient (Wildman–Crippen LogP) is 2.38. The second kappa shape index (κ2) is 4.83. The normalized spacial score (nSPS) is 20.2. The number of nitrogens with zero attached hydrogens (tertiary/aromatic N) is 1. The van der Waals surface area contributed by atoms with Gasteiger partial charge in [-0.3, -0.25) is 5.14 Å². The van der Waals surface area contributed by atoms with E-state index in [-0.39, 0.29) is 4.75 Å². The fraction of sp³-hybridized carbons (Fsp3) is 0.500. The molecule has 1 aromatic carbocycles. The third-order valence-corrected chi connectivity index (χ3v) is 5.05. The molecule has 0 bridgehead atoms. The van der Waals surface area contributed by atoms with E-state index in [4.69, 9.17) is 10.4 Å². The van der Waals surface area contributed by atoms with Gasteiger partial charge in [0, 0.05) is 0 Å². The van der Waals surface area contributed by atoms with E-state index in [9.17, 15) is 4.21 Å². The average molecular weight is 262 g/mol. The molecule has 2 rings (SSSR count). The standard InChI is InChI=1S/C14H18N2OS/c1-14(2,18(16)17)8-10-6-7-13-11(9-15)4-3-5-12(10)13/h3-5,10H,6-8,16H2,1-2H3/t10-,18?/m0/s1. The molecule has 0 amide bonds. The summed E-state index contributed by atoms with van der Waals surface area (Å²) in [4.78, 5) is 0. The van der Waals surface area contributed by atoms with Crippen LogP contribution in [0.4, 0.5) is 0 Å². The fourth-order valence-corrected chi connectivity index (χ4v) is 3.10. The van der Waals surface area contributed by atoms with Gasteiger partial charge < -0.3 is 0 Å². The molecule has 1 unspecified atom stereocenters. The Balaban J connectivity index is 2.28. The van der Waals surface area contributed by atoms with Gasteiger partial charge in [-0.2, -0.15) is 5.26 Å². The van der Waals surface area contributed by atoms with Gasteiger partial charge in [0.15, 0.2) is 0 Å². The maximum absolute atomic E-state index is 11.5. The quantitative estimate of drug-likeness (QED) is 0.908. The van der Waals surface area contributed by atoms with Crippen molar-refractivity contribution in [3.63, 3.8) is 0 Å². The zero-order valence-corrected chi connectivity index (χ0v) is 11.6. The van der Waals surface area contributed by atoms with Crippen LogP contribution in [0.1, 0.15) is 49.3 Å². The topological polar surface area (TPSA) is 66.9 Å². The lowest BCUT2D eigenvalue weighted by atomic mass is 9.91. The van der Waals surface area contributed by atoms with Crippen molar-refractivity contribution in [2.45, 2.75) is 43.8 Å². The summed E-state index contributed by atoms with van der Waals surface area (Å²) in [7, 11) is -1.32.